The number of hydrogen-bond donors (Lipinski definition) is 0. The molecule has 1 heterocycles. The number of aryl methyl sites for hydroxylation is 1. The number of hydrogen-bond acceptors (Lipinski definition) is 5. The van der Waals surface area contributed by atoms with Crippen LogP contribution in [0, 0.1) is 28.7 Å². The molecule has 0 saturated carbocycles. The summed E-state index contributed by atoms with van der Waals surface area (Å²) < 4.78 is 37.9. The van der Waals surface area contributed by atoms with Gasteiger partial charge in [-0.2, -0.15) is 0 Å². The molecule has 140 valence electrons. The molecular formula is C20H12F2N2O4. The van der Waals surface area contributed by atoms with Gasteiger partial charge in [-0.3, -0.25) is 10.1 Å². The Morgan fingerprint density at radius 2 is 1.82 bits per heavy atom. The molecule has 0 amide bonds. The normalized spacial score (nSPS) is 11.0. The van der Waals surface area contributed by atoms with Crippen LogP contribution in [-0.2, 0) is 0 Å². The van der Waals surface area contributed by atoms with E-state index in [1.807, 2.05) is 0 Å². The average Bonchev–Trinajstić information content (AvgIpc) is 3.04. The van der Waals surface area contributed by atoms with Gasteiger partial charge in [0, 0.05) is 29.1 Å². The van der Waals surface area contributed by atoms with Crippen LogP contribution in [0.3, 0.4) is 0 Å². The highest BCUT2D eigenvalue weighted by molar-refractivity contribution is 5.86. The van der Waals surface area contributed by atoms with Crippen LogP contribution in [-0.4, -0.2) is 10.1 Å². The van der Waals surface area contributed by atoms with E-state index in [1.54, 1.807) is 25.1 Å². The fraction of sp³-hybridized carbons (Fsp3) is 0.0500. The Morgan fingerprint density at radius 1 is 1.04 bits per heavy atom. The van der Waals surface area contributed by atoms with Gasteiger partial charge in [-0.15, -0.1) is 0 Å². The number of benzene rings is 3. The Hall–Kier alpha value is -3.81. The lowest BCUT2D eigenvalue weighted by atomic mass is 10.0. The Labute approximate surface area is 157 Å². The Kier molecular flexibility index (Phi) is 4.23. The maximum atomic E-state index is 14.0. The summed E-state index contributed by atoms with van der Waals surface area (Å²) in [7, 11) is 0. The van der Waals surface area contributed by atoms with Crippen molar-refractivity contribution in [3.05, 3.63) is 82.0 Å². The molecule has 0 aliphatic heterocycles. The number of nitrogens with zero attached hydrogens (tertiary/aromatic N) is 2. The van der Waals surface area contributed by atoms with E-state index in [2.05, 4.69) is 5.16 Å². The summed E-state index contributed by atoms with van der Waals surface area (Å²) in [6.07, 6.45) is 0. The van der Waals surface area contributed by atoms with Crippen molar-refractivity contribution in [2.24, 2.45) is 0 Å². The molecule has 0 N–H and O–H groups in total. The second-order valence-electron chi connectivity index (χ2n) is 6.09. The summed E-state index contributed by atoms with van der Waals surface area (Å²) in [5.74, 6) is -1.62. The molecular weight excluding hydrogens is 370 g/mol. The minimum Gasteiger partial charge on any atom is -0.454 e. The van der Waals surface area contributed by atoms with Crippen molar-refractivity contribution in [3.63, 3.8) is 0 Å². The van der Waals surface area contributed by atoms with Crippen LogP contribution < -0.4 is 4.74 Å². The molecule has 4 aromatic rings. The van der Waals surface area contributed by atoms with Gasteiger partial charge in [0.1, 0.15) is 11.6 Å². The van der Waals surface area contributed by atoms with Crippen molar-refractivity contribution in [3.8, 4) is 22.6 Å². The number of halogens is 2. The lowest BCUT2D eigenvalue weighted by Gasteiger charge is -2.12. The maximum absolute atomic E-state index is 14.0. The fourth-order valence-electron chi connectivity index (χ4n) is 2.85. The lowest BCUT2D eigenvalue weighted by molar-refractivity contribution is -0.384. The highest BCUT2D eigenvalue weighted by Gasteiger charge is 2.17. The van der Waals surface area contributed by atoms with Crippen LogP contribution in [0.25, 0.3) is 22.1 Å². The van der Waals surface area contributed by atoms with Crippen LogP contribution in [0.4, 0.5) is 14.5 Å². The number of nitro benzene ring substituents is 1. The second kappa shape index (κ2) is 6.73. The van der Waals surface area contributed by atoms with E-state index in [1.165, 1.54) is 18.2 Å². The molecule has 0 spiro atoms. The zero-order chi connectivity index (χ0) is 19.8. The molecule has 0 saturated heterocycles. The summed E-state index contributed by atoms with van der Waals surface area (Å²) in [6.45, 7) is 1.77. The van der Waals surface area contributed by atoms with Crippen molar-refractivity contribution < 1.29 is 23.0 Å². The number of nitro groups is 1. The first-order valence-electron chi connectivity index (χ1n) is 8.20. The Morgan fingerprint density at radius 3 is 2.57 bits per heavy atom. The van der Waals surface area contributed by atoms with E-state index in [4.69, 9.17) is 9.26 Å². The third-order valence-electron chi connectivity index (χ3n) is 4.25. The molecule has 28 heavy (non-hydrogen) atoms. The first kappa shape index (κ1) is 17.6. The highest BCUT2D eigenvalue weighted by atomic mass is 19.1. The number of rotatable bonds is 4. The first-order valence-corrected chi connectivity index (χ1v) is 8.20. The zero-order valence-electron chi connectivity index (χ0n) is 14.5. The molecule has 0 unspecified atom stereocenters. The minimum atomic E-state index is -0.880. The number of fused-ring (bicyclic) bond motifs is 1. The number of ether oxygens (including phenoxy) is 1. The van der Waals surface area contributed by atoms with E-state index < -0.39 is 16.6 Å². The third kappa shape index (κ3) is 3.16. The predicted molar refractivity (Wildman–Crippen MR) is 97.3 cm³/mol. The SMILES string of the molecule is Cc1noc2ccc(-c3cc([N+](=O)[O-])ccc3Oc3ccc(F)cc3F)cc12. The van der Waals surface area contributed by atoms with Crippen LogP contribution in [0.1, 0.15) is 5.69 Å². The molecule has 0 fully saturated rings. The van der Waals surface area contributed by atoms with Crippen molar-refractivity contribution >= 4 is 16.7 Å². The Bertz CT molecular complexity index is 1220. The van der Waals surface area contributed by atoms with Crippen LogP contribution in [0.2, 0.25) is 0 Å². The highest BCUT2D eigenvalue weighted by Crippen LogP contribution is 2.38. The van der Waals surface area contributed by atoms with Gasteiger partial charge in [0.25, 0.3) is 5.69 Å². The molecule has 4 rings (SSSR count). The molecule has 0 radical (unpaired) electrons. The Balaban J connectivity index is 1.86. The average molecular weight is 382 g/mol. The topological polar surface area (TPSA) is 78.4 Å². The minimum absolute atomic E-state index is 0.149. The number of aromatic nitrogens is 1. The van der Waals surface area contributed by atoms with E-state index in [9.17, 15) is 18.9 Å². The van der Waals surface area contributed by atoms with Crippen molar-refractivity contribution in [1.82, 2.24) is 5.16 Å². The summed E-state index contributed by atoms with van der Waals surface area (Å²) in [6, 6.07) is 12.0. The predicted octanol–water partition coefficient (Wildman–Crippen LogP) is 5.78. The lowest BCUT2D eigenvalue weighted by Crippen LogP contribution is -1.94. The summed E-state index contributed by atoms with van der Waals surface area (Å²) >= 11 is 0. The summed E-state index contributed by atoms with van der Waals surface area (Å²) in [5.41, 5.74) is 2.05. The van der Waals surface area contributed by atoms with Gasteiger partial charge in [-0.25, -0.2) is 8.78 Å². The molecule has 0 atom stereocenters. The van der Waals surface area contributed by atoms with Crippen molar-refractivity contribution in [2.75, 3.05) is 0 Å². The van der Waals surface area contributed by atoms with E-state index in [0.717, 1.165) is 17.5 Å². The van der Waals surface area contributed by atoms with Crippen LogP contribution in [0.15, 0.2) is 59.1 Å². The van der Waals surface area contributed by atoms with Gasteiger partial charge in [0.15, 0.2) is 17.1 Å². The summed E-state index contributed by atoms with van der Waals surface area (Å²) in [5, 5.41) is 15.8. The van der Waals surface area contributed by atoms with Gasteiger partial charge in [-0.05, 0) is 42.8 Å². The second-order valence-corrected chi connectivity index (χ2v) is 6.09. The zero-order valence-corrected chi connectivity index (χ0v) is 14.5. The smallest absolute Gasteiger partial charge is 0.270 e. The maximum Gasteiger partial charge on any atom is 0.270 e. The largest absolute Gasteiger partial charge is 0.454 e. The monoisotopic (exact) mass is 382 g/mol. The van der Waals surface area contributed by atoms with E-state index in [-0.39, 0.29) is 17.2 Å². The van der Waals surface area contributed by atoms with Gasteiger partial charge >= 0.3 is 0 Å². The van der Waals surface area contributed by atoms with Crippen LogP contribution >= 0.6 is 0 Å². The van der Waals surface area contributed by atoms with E-state index in [0.29, 0.717) is 28.5 Å². The molecule has 6 nitrogen and oxygen atoms in total. The summed E-state index contributed by atoms with van der Waals surface area (Å²) in [4.78, 5) is 10.7. The van der Waals surface area contributed by atoms with Crippen LogP contribution in [0.5, 0.6) is 11.5 Å². The molecule has 1 aromatic heterocycles. The molecule has 3 aromatic carbocycles. The standard InChI is InChI=1S/C20H12F2N2O4/c1-11-15-8-12(2-5-19(15)28-23-11)16-10-14(24(25)26)4-7-18(16)27-20-6-3-13(21)9-17(20)22/h2-10H,1H3. The quantitative estimate of drug-likeness (QED) is 0.330. The molecule has 0 aliphatic rings. The van der Waals surface area contributed by atoms with Gasteiger partial charge in [0.2, 0.25) is 0 Å². The van der Waals surface area contributed by atoms with Crippen molar-refractivity contribution in [2.45, 2.75) is 6.92 Å². The fourth-order valence-corrected chi connectivity index (χ4v) is 2.85. The third-order valence-corrected chi connectivity index (χ3v) is 4.25. The van der Waals surface area contributed by atoms with Gasteiger partial charge in [0.05, 0.1) is 10.6 Å². The first-order chi connectivity index (χ1) is 13.4. The molecule has 0 aliphatic carbocycles. The number of non-ortho nitro benzene ring substituents is 1. The van der Waals surface area contributed by atoms with Gasteiger partial charge < -0.3 is 9.26 Å². The molecule has 0 bridgehead atoms. The van der Waals surface area contributed by atoms with Crippen molar-refractivity contribution in [1.29, 1.82) is 0 Å². The van der Waals surface area contributed by atoms with E-state index >= 15 is 0 Å². The van der Waals surface area contributed by atoms with Gasteiger partial charge in [-0.1, -0.05) is 11.2 Å². The molecule has 8 heteroatoms.